The van der Waals surface area contributed by atoms with E-state index in [9.17, 15) is 0 Å². The van der Waals surface area contributed by atoms with Gasteiger partial charge in [0.05, 0.1) is 24.9 Å². The van der Waals surface area contributed by atoms with Gasteiger partial charge in [-0.05, 0) is 162 Å². The number of nitrogens with zero attached hydrogens (tertiary/aromatic N) is 2. The third-order valence-corrected chi connectivity index (χ3v) is 12.5. The molecule has 0 aliphatic rings. The topological polar surface area (TPSA) is 44.2 Å². The lowest BCUT2D eigenvalue weighted by Gasteiger charge is -2.12. The van der Waals surface area contributed by atoms with Gasteiger partial charge in [-0.1, -0.05) is 49.3 Å². The first-order valence-corrected chi connectivity index (χ1v) is 21.3. The number of allylic oxidation sites excluding steroid dienone is 4. The lowest BCUT2D eigenvalue weighted by molar-refractivity contribution is 0.279. The minimum Gasteiger partial charge on any atom is -0.494 e. The van der Waals surface area contributed by atoms with Crippen LogP contribution in [0, 0.1) is 11.8 Å². The molecule has 0 fully saturated rings. The van der Waals surface area contributed by atoms with Crippen molar-refractivity contribution in [3.63, 3.8) is 0 Å². The smallest absolute Gasteiger partial charge is 0.119 e. The van der Waals surface area contributed by atoms with Crippen molar-refractivity contribution in [2.24, 2.45) is 11.8 Å². The summed E-state index contributed by atoms with van der Waals surface area (Å²) in [6.07, 6.45) is 11.5. The lowest BCUT2D eigenvalue weighted by Crippen LogP contribution is -2.04. The summed E-state index contributed by atoms with van der Waals surface area (Å²) in [5.41, 5.74) is 9.35. The number of thiophene rings is 2. The summed E-state index contributed by atoms with van der Waals surface area (Å²) < 4.78 is 21.7. The Balaban J connectivity index is 1.06. The molecule has 0 amide bonds. The van der Waals surface area contributed by atoms with Crippen LogP contribution in [0.3, 0.4) is 0 Å². The lowest BCUT2D eigenvalue weighted by atomic mass is 10.0. The van der Waals surface area contributed by atoms with Crippen molar-refractivity contribution in [1.82, 2.24) is 8.75 Å². The summed E-state index contributed by atoms with van der Waals surface area (Å²) in [7, 11) is 0. The molecule has 7 heteroatoms. The normalized spacial score (nSPS) is 12.4. The van der Waals surface area contributed by atoms with Gasteiger partial charge in [0.25, 0.3) is 0 Å². The molecule has 0 radical (unpaired) electrons. The molecular weight excluding hydrogens is 709 g/mol. The second kappa shape index (κ2) is 18.8. The Morgan fingerprint density at radius 2 is 0.925 bits per heavy atom. The third-order valence-electron chi connectivity index (χ3n) is 9.62. The molecule has 276 valence electrons. The van der Waals surface area contributed by atoms with Gasteiger partial charge in [-0.25, -0.2) is 0 Å². The molecule has 53 heavy (non-hydrogen) atoms. The van der Waals surface area contributed by atoms with Gasteiger partial charge in [0.15, 0.2) is 0 Å². The fraction of sp³-hybridized carbons (Fsp3) is 0.348. The van der Waals surface area contributed by atoms with E-state index >= 15 is 0 Å². The maximum Gasteiger partial charge on any atom is 0.119 e. The zero-order chi connectivity index (χ0) is 37.2. The average molecular weight is 761 g/mol. The van der Waals surface area contributed by atoms with Crippen molar-refractivity contribution in [3.05, 3.63) is 108 Å². The molecule has 4 nitrogen and oxygen atoms in total. The van der Waals surface area contributed by atoms with Crippen molar-refractivity contribution < 1.29 is 9.47 Å². The zero-order valence-corrected chi connectivity index (χ0v) is 34.4. The molecule has 3 aromatic heterocycles. The third kappa shape index (κ3) is 10.8. The summed E-state index contributed by atoms with van der Waals surface area (Å²) >= 11 is 4.86. The summed E-state index contributed by atoms with van der Waals surface area (Å²) in [5, 5.41) is 0. The molecule has 0 spiro atoms. The maximum absolute atomic E-state index is 6.09. The van der Waals surface area contributed by atoms with Gasteiger partial charge < -0.3 is 9.47 Å². The van der Waals surface area contributed by atoms with E-state index in [1.807, 2.05) is 0 Å². The first-order valence-electron chi connectivity index (χ1n) is 18.9. The molecule has 0 unspecified atom stereocenters. The highest BCUT2D eigenvalue weighted by atomic mass is 32.1. The Morgan fingerprint density at radius 1 is 0.528 bits per heavy atom. The van der Waals surface area contributed by atoms with Crippen LogP contribution in [0.5, 0.6) is 11.5 Å². The largest absolute Gasteiger partial charge is 0.494 e. The molecule has 0 aliphatic heterocycles. The van der Waals surface area contributed by atoms with Crippen molar-refractivity contribution in [1.29, 1.82) is 0 Å². The van der Waals surface area contributed by atoms with Crippen LogP contribution in [0.1, 0.15) is 80.1 Å². The van der Waals surface area contributed by atoms with Crippen molar-refractivity contribution in [2.75, 3.05) is 13.2 Å². The number of ether oxygens (including phenoxy) is 2. The van der Waals surface area contributed by atoms with Gasteiger partial charge in [-0.15, -0.1) is 22.7 Å². The van der Waals surface area contributed by atoms with E-state index in [2.05, 4.69) is 139 Å². The van der Waals surface area contributed by atoms with Crippen molar-refractivity contribution >= 4 is 45.4 Å². The predicted molar refractivity (Wildman–Crippen MR) is 231 cm³/mol. The van der Waals surface area contributed by atoms with Gasteiger partial charge in [-0.2, -0.15) is 8.75 Å². The van der Waals surface area contributed by atoms with Crippen LogP contribution in [-0.2, 0) is 0 Å². The number of rotatable bonds is 18. The standard InChI is InChI=1S/C46H52N2O2S3/c1-31(2)9-7-11-33(5)27-29-49-37-17-13-35(14-18-37)41-23-25-43(51-41)39-21-22-40(46-45(39)47-53-48-46)44-26-24-42(52-44)36-15-19-38(20-16-36)50-30-28-34(6)12-8-10-32(3)4/h9-10,13-26,33-34H,7-8,11-12,27-30H2,1-6H3/t33-,34-/m0/s1. The molecule has 0 N–H and O–H groups in total. The highest BCUT2D eigenvalue weighted by Crippen LogP contribution is 2.42. The summed E-state index contributed by atoms with van der Waals surface area (Å²) in [6.45, 7) is 14.8. The van der Waals surface area contributed by atoms with E-state index in [-0.39, 0.29) is 0 Å². The Kier molecular flexibility index (Phi) is 13.7. The molecular formula is C46H52N2O2S3. The minimum absolute atomic E-state index is 0.654. The first-order chi connectivity index (χ1) is 25.7. The van der Waals surface area contributed by atoms with Crippen LogP contribution in [0.15, 0.2) is 108 Å². The van der Waals surface area contributed by atoms with Gasteiger partial charge in [-0.3, -0.25) is 0 Å². The zero-order valence-electron chi connectivity index (χ0n) is 32.0. The summed E-state index contributed by atoms with van der Waals surface area (Å²) in [4.78, 5) is 4.84. The molecule has 0 aliphatic carbocycles. The molecule has 6 aromatic rings. The molecule has 2 atom stereocenters. The van der Waals surface area contributed by atoms with Crippen LogP contribution >= 0.6 is 34.4 Å². The van der Waals surface area contributed by atoms with E-state index in [0.717, 1.165) is 72.6 Å². The predicted octanol–water partition coefficient (Wildman–Crippen LogP) is 14.8. The van der Waals surface area contributed by atoms with Crippen molar-refractivity contribution in [3.8, 4) is 53.3 Å². The molecule has 0 bridgehead atoms. The van der Waals surface area contributed by atoms with Gasteiger partial charge in [0.1, 0.15) is 22.5 Å². The van der Waals surface area contributed by atoms with E-state index < -0.39 is 0 Å². The van der Waals surface area contributed by atoms with E-state index in [1.165, 1.54) is 66.4 Å². The second-order valence-corrected chi connectivity index (χ2v) is 17.4. The van der Waals surface area contributed by atoms with E-state index in [0.29, 0.717) is 11.8 Å². The Hall–Kier alpha value is -4.04. The number of fused-ring (bicyclic) bond motifs is 1. The monoisotopic (exact) mass is 760 g/mol. The highest BCUT2D eigenvalue weighted by Gasteiger charge is 2.17. The van der Waals surface area contributed by atoms with Gasteiger partial charge in [0.2, 0.25) is 0 Å². The number of benzene rings is 3. The first kappa shape index (κ1) is 38.7. The van der Waals surface area contributed by atoms with Gasteiger partial charge >= 0.3 is 0 Å². The molecule has 3 heterocycles. The van der Waals surface area contributed by atoms with Crippen LogP contribution in [0.4, 0.5) is 0 Å². The average Bonchev–Trinajstić information content (AvgIpc) is 3.94. The quantitative estimate of drug-likeness (QED) is 0.0819. The Morgan fingerprint density at radius 3 is 1.32 bits per heavy atom. The molecule has 3 aromatic carbocycles. The van der Waals surface area contributed by atoms with Crippen molar-refractivity contribution in [2.45, 2.75) is 80.1 Å². The number of aromatic nitrogens is 2. The molecule has 0 saturated carbocycles. The van der Waals surface area contributed by atoms with Gasteiger partial charge in [0, 0.05) is 30.6 Å². The maximum atomic E-state index is 6.09. The van der Waals surface area contributed by atoms with E-state index in [1.54, 1.807) is 22.7 Å². The van der Waals surface area contributed by atoms with Crippen LogP contribution in [0.25, 0.3) is 52.8 Å². The fourth-order valence-corrected chi connectivity index (χ4v) is 8.98. The Bertz CT molecular complexity index is 1960. The Labute approximate surface area is 328 Å². The second-order valence-electron chi connectivity index (χ2n) is 14.7. The summed E-state index contributed by atoms with van der Waals surface area (Å²) in [5.74, 6) is 3.16. The highest BCUT2D eigenvalue weighted by molar-refractivity contribution is 7.19. The van der Waals surface area contributed by atoms with Crippen LogP contribution < -0.4 is 9.47 Å². The SMILES string of the molecule is CC(C)=CCC[C@H](C)CCOc1ccc(-c2ccc(-c3ccc(-c4ccc(-c5ccc(OCC[C@@H](C)CCC=C(C)C)cc5)s4)c4nsnc34)s2)cc1. The molecule has 6 rings (SSSR count). The number of hydrogen-bond acceptors (Lipinski definition) is 7. The van der Waals surface area contributed by atoms with Crippen LogP contribution in [-0.4, -0.2) is 22.0 Å². The number of hydrogen-bond donors (Lipinski definition) is 0. The molecule has 0 saturated heterocycles. The van der Waals surface area contributed by atoms with E-state index in [4.69, 9.17) is 18.2 Å². The fourth-order valence-electron chi connectivity index (χ4n) is 6.33. The van der Waals surface area contributed by atoms with Crippen LogP contribution in [0.2, 0.25) is 0 Å². The summed E-state index contributed by atoms with van der Waals surface area (Å²) in [6, 6.07) is 30.3. The minimum atomic E-state index is 0.654.